The van der Waals surface area contributed by atoms with Crippen LogP contribution >= 0.6 is 0 Å². The van der Waals surface area contributed by atoms with Crippen LogP contribution in [0.15, 0.2) is 24.3 Å². The Labute approximate surface area is 64.2 Å². The Balaban J connectivity index is 2.60. The number of hydrogen-bond acceptors (Lipinski definition) is 3. The molecule has 1 aromatic rings. The molecular weight excluding hydrogens is 142 g/mol. The maximum absolute atomic E-state index is 7.96. The molecule has 1 aromatic carbocycles. The fourth-order valence-electron chi connectivity index (χ4n) is 0.717. The van der Waals surface area contributed by atoms with Crippen molar-refractivity contribution in [3.8, 4) is 0 Å². The summed E-state index contributed by atoms with van der Waals surface area (Å²) in [4.78, 5) is 4.40. The van der Waals surface area contributed by atoms with Gasteiger partial charge in [-0.3, -0.25) is 0 Å². The van der Waals surface area contributed by atoms with Gasteiger partial charge in [0.25, 0.3) is 5.39 Å². The minimum Gasteiger partial charge on any atom is -0.399 e. The fraction of sp³-hybridized carbons (Fsp3) is 0.143. The van der Waals surface area contributed by atoms with Crippen LogP contribution in [0.2, 0.25) is 0 Å². The van der Waals surface area contributed by atoms with Crippen LogP contribution in [0, 0.1) is 5.39 Å². The van der Waals surface area contributed by atoms with Crippen LogP contribution in [-0.4, -0.2) is 0 Å². The molecule has 0 unspecified atom stereocenters. The van der Waals surface area contributed by atoms with Crippen molar-refractivity contribution in [2.75, 3.05) is 5.73 Å². The molecule has 0 fully saturated rings. The molecule has 0 aliphatic rings. The van der Waals surface area contributed by atoms with Gasteiger partial charge in [-0.15, -0.1) is 4.84 Å². The Morgan fingerprint density at radius 2 is 2.00 bits per heavy atom. The molecule has 11 heavy (non-hydrogen) atoms. The minimum absolute atomic E-state index is 0.261. The summed E-state index contributed by atoms with van der Waals surface area (Å²) in [6.07, 6.45) is 0. The zero-order chi connectivity index (χ0) is 8.10. The van der Waals surface area contributed by atoms with Gasteiger partial charge >= 0.3 is 5.14 Å². The molecule has 4 heteroatoms. The number of anilines is 1. The monoisotopic (exact) mass is 150 g/mol. The minimum atomic E-state index is 0.261. The normalized spacial score (nSPS) is 8.64. The summed E-state index contributed by atoms with van der Waals surface area (Å²) in [6, 6.07) is 7.13. The van der Waals surface area contributed by atoms with Crippen LogP contribution in [0.1, 0.15) is 5.56 Å². The van der Waals surface area contributed by atoms with Crippen molar-refractivity contribution in [2.45, 2.75) is 6.61 Å². The second-order valence-electron chi connectivity index (χ2n) is 2.10. The lowest BCUT2D eigenvalue weighted by Crippen LogP contribution is -1.87. The molecule has 0 aliphatic heterocycles. The van der Waals surface area contributed by atoms with Gasteiger partial charge in [0.2, 0.25) is 6.61 Å². The third kappa shape index (κ3) is 2.14. The van der Waals surface area contributed by atoms with E-state index in [0.29, 0.717) is 5.69 Å². The first kappa shape index (κ1) is 7.35. The molecule has 1 rings (SSSR count). The van der Waals surface area contributed by atoms with Gasteiger partial charge in [-0.25, -0.2) is 0 Å². The number of benzene rings is 1. The summed E-state index contributed by atoms with van der Waals surface area (Å²) in [5.74, 6) is 0. The Kier molecular flexibility index (Phi) is 2.28. The molecule has 0 saturated carbocycles. The highest BCUT2D eigenvalue weighted by molar-refractivity contribution is 5.39. The molecule has 0 aromatic heterocycles. The predicted octanol–water partition coefficient (Wildman–Crippen LogP) is 1.55. The molecule has 4 nitrogen and oxygen atoms in total. The molecule has 0 atom stereocenters. The van der Waals surface area contributed by atoms with E-state index in [2.05, 4.69) is 9.98 Å². The van der Waals surface area contributed by atoms with E-state index in [1.54, 1.807) is 24.3 Å². The highest BCUT2D eigenvalue weighted by Gasteiger charge is 1.96. The van der Waals surface area contributed by atoms with Crippen LogP contribution in [0.5, 0.6) is 0 Å². The van der Waals surface area contributed by atoms with Gasteiger partial charge in [0, 0.05) is 5.69 Å². The van der Waals surface area contributed by atoms with E-state index in [1.165, 1.54) is 0 Å². The van der Waals surface area contributed by atoms with Crippen molar-refractivity contribution in [3.63, 3.8) is 0 Å². The van der Waals surface area contributed by atoms with Gasteiger partial charge in [-0.05, 0) is 17.7 Å². The summed E-state index contributed by atoms with van der Waals surface area (Å²) in [6.45, 7) is 0.261. The molecule has 56 valence electrons. The number of nitrogens with two attached hydrogens (primary N) is 1. The van der Waals surface area contributed by atoms with Gasteiger partial charge in [-0.2, -0.15) is 0 Å². The summed E-state index contributed by atoms with van der Waals surface area (Å²) in [5, 5.41) is 10.5. The SMILES string of the molecule is N#[N+]OCc1ccc(N)cc1. The number of nitrogens with zero attached hydrogens (tertiary/aromatic N) is 2. The van der Waals surface area contributed by atoms with Crippen molar-refractivity contribution < 1.29 is 4.84 Å². The first-order valence-electron chi connectivity index (χ1n) is 3.13. The standard InChI is InChI=1S/C7H8N3O/c8-7-3-1-6(2-4-7)5-11-10-9/h1-4H,5,8H2/q+1. The molecule has 0 saturated heterocycles. The van der Waals surface area contributed by atoms with Gasteiger partial charge < -0.3 is 5.73 Å². The molecule has 0 amide bonds. The molecule has 0 bridgehead atoms. The molecule has 0 spiro atoms. The van der Waals surface area contributed by atoms with Crippen LogP contribution < -0.4 is 5.73 Å². The van der Waals surface area contributed by atoms with Crippen LogP contribution in [0.25, 0.3) is 5.14 Å². The zero-order valence-electron chi connectivity index (χ0n) is 5.90. The van der Waals surface area contributed by atoms with Gasteiger partial charge in [-0.1, -0.05) is 12.1 Å². The number of nitrogen functional groups attached to an aromatic ring is 1. The highest BCUT2D eigenvalue weighted by atomic mass is 16.6. The Hall–Kier alpha value is -1.76. The third-order valence-electron chi connectivity index (χ3n) is 1.27. The second kappa shape index (κ2) is 3.42. The van der Waals surface area contributed by atoms with Gasteiger partial charge in [0.15, 0.2) is 0 Å². The lowest BCUT2D eigenvalue weighted by atomic mass is 10.2. The van der Waals surface area contributed by atoms with Gasteiger partial charge in [0.05, 0.1) is 0 Å². The average Bonchev–Trinajstić information content (AvgIpc) is 2.04. The highest BCUT2D eigenvalue weighted by Crippen LogP contribution is 2.06. The summed E-state index contributed by atoms with van der Waals surface area (Å²) >= 11 is 0. The third-order valence-corrected chi connectivity index (χ3v) is 1.27. The van der Waals surface area contributed by atoms with E-state index >= 15 is 0 Å². The van der Waals surface area contributed by atoms with Gasteiger partial charge in [0.1, 0.15) is 0 Å². The molecule has 0 aliphatic carbocycles. The number of rotatable bonds is 2. The average molecular weight is 150 g/mol. The van der Waals surface area contributed by atoms with Crippen molar-refractivity contribution in [3.05, 3.63) is 35.0 Å². The molecule has 0 heterocycles. The van der Waals surface area contributed by atoms with Crippen LogP contribution in [0.4, 0.5) is 5.69 Å². The largest absolute Gasteiger partial charge is 0.457 e. The summed E-state index contributed by atoms with van der Waals surface area (Å²) in [7, 11) is 0. The van der Waals surface area contributed by atoms with Crippen LogP contribution in [-0.2, 0) is 11.4 Å². The maximum Gasteiger partial charge on any atom is 0.457 e. The van der Waals surface area contributed by atoms with E-state index in [0.717, 1.165) is 5.56 Å². The second-order valence-corrected chi connectivity index (χ2v) is 2.10. The number of hydrogen-bond donors (Lipinski definition) is 1. The molecular formula is C7H8N3O+. The summed E-state index contributed by atoms with van der Waals surface area (Å²) in [5.41, 5.74) is 7.06. The lowest BCUT2D eigenvalue weighted by Gasteiger charge is -1.93. The van der Waals surface area contributed by atoms with E-state index in [-0.39, 0.29) is 6.61 Å². The molecule has 0 radical (unpaired) electrons. The quantitative estimate of drug-likeness (QED) is 0.395. The van der Waals surface area contributed by atoms with Crippen molar-refractivity contribution in [1.82, 2.24) is 0 Å². The Bertz CT molecular complexity index is 262. The van der Waals surface area contributed by atoms with E-state index in [9.17, 15) is 0 Å². The first-order valence-corrected chi connectivity index (χ1v) is 3.13. The van der Waals surface area contributed by atoms with E-state index < -0.39 is 0 Å². The van der Waals surface area contributed by atoms with E-state index in [1.807, 2.05) is 0 Å². The van der Waals surface area contributed by atoms with Crippen molar-refractivity contribution in [2.24, 2.45) is 0 Å². The van der Waals surface area contributed by atoms with Crippen molar-refractivity contribution >= 4 is 5.69 Å². The molecule has 2 N–H and O–H groups in total. The van der Waals surface area contributed by atoms with Crippen molar-refractivity contribution in [1.29, 1.82) is 5.39 Å². The Morgan fingerprint density at radius 1 is 1.36 bits per heavy atom. The Morgan fingerprint density at radius 3 is 2.55 bits per heavy atom. The van der Waals surface area contributed by atoms with Crippen LogP contribution in [0.3, 0.4) is 0 Å². The predicted molar refractivity (Wildman–Crippen MR) is 40.7 cm³/mol. The number of diazo groups is 1. The van der Waals surface area contributed by atoms with E-state index in [4.69, 9.17) is 11.1 Å². The lowest BCUT2D eigenvalue weighted by molar-refractivity contribution is 0.220. The topological polar surface area (TPSA) is 63.4 Å². The first-order chi connectivity index (χ1) is 5.33. The smallest absolute Gasteiger partial charge is 0.399 e. The summed E-state index contributed by atoms with van der Waals surface area (Å²) < 4.78 is 0. The fourth-order valence-corrected chi connectivity index (χ4v) is 0.717. The zero-order valence-corrected chi connectivity index (χ0v) is 5.90. The maximum atomic E-state index is 7.96.